The first-order valence-electron chi connectivity index (χ1n) is 5.22. The minimum absolute atomic E-state index is 0.00236. The zero-order chi connectivity index (χ0) is 12.8. The van der Waals surface area contributed by atoms with Crippen molar-refractivity contribution in [3.63, 3.8) is 0 Å². The van der Waals surface area contributed by atoms with E-state index in [1.165, 1.54) is 0 Å². The Hall–Kier alpha value is -1.33. The molecule has 0 saturated heterocycles. The van der Waals surface area contributed by atoms with Crippen LogP contribution in [-0.4, -0.2) is 35.2 Å². The summed E-state index contributed by atoms with van der Waals surface area (Å²) in [5.74, 6) is -0.968. The second kappa shape index (κ2) is 6.42. The van der Waals surface area contributed by atoms with E-state index in [0.717, 1.165) is 5.56 Å². The molecule has 0 aliphatic carbocycles. The lowest BCUT2D eigenvalue weighted by atomic mass is 10.0. The zero-order valence-electron chi connectivity index (χ0n) is 9.51. The van der Waals surface area contributed by atoms with E-state index in [4.69, 9.17) is 5.11 Å². The molecule has 0 radical (unpaired) electrons. The van der Waals surface area contributed by atoms with Crippen LogP contribution in [0.4, 0.5) is 0 Å². The first-order chi connectivity index (χ1) is 8.06. The molecule has 1 unspecified atom stereocenters. The third-order valence-electron chi connectivity index (χ3n) is 2.44. The number of rotatable bonds is 6. The molecule has 0 amide bonds. The molecule has 0 bridgehead atoms. The summed E-state index contributed by atoms with van der Waals surface area (Å²) in [6.45, 7) is 1.85. The molecule has 0 aromatic heterocycles. The van der Waals surface area contributed by atoms with Crippen molar-refractivity contribution in [1.82, 2.24) is 5.32 Å². The minimum atomic E-state index is -1.00. The summed E-state index contributed by atoms with van der Waals surface area (Å²) in [6.07, 6.45) is 0. The molecular formula is C12H15NO3S. The molecule has 1 atom stereocenters. The highest BCUT2D eigenvalue weighted by Gasteiger charge is 2.16. The van der Waals surface area contributed by atoms with Crippen molar-refractivity contribution in [3.8, 4) is 0 Å². The number of carbonyl (C=O) groups excluding carboxylic acids is 1. The van der Waals surface area contributed by atoms with Gasteiger partial charge in [0.05, 0.1) is 6.54 Å². The van der Waals surface area contributed by atoms with Crippen molar-refractivity contribution in [2.24, 2.45) is 0 Å². The van der Waals surface area contributed by atoms with E-state index < -0.39 is 12.0 Å². The van der Waals surface area contributed by atoms with E-state index in [2.05, 4.69) is 17.9 Å². The topological polar surface area (TPSA) is 66.4 Å². The summed E-state index contributed by atoms with van der Waals surface area (Å²) in [4.78, 5) is 22.6. The average Bonchev–Trinajstić information content (AvgIpc) is 2.29. The molecule has 5 heteroatoms. The number of aryl methyl sites for hydroxylation is 1. The Morgan fingerprint density at radius 1 is 1.41 bits per heavy atom. The fraction of sp³-hybridized carbons (Fsp3) is 0.333. The largest absolute Gasteiger partial charge is 0.480 e. The number of carboxylic acids is 1. The molecule has 4 nitrogen and oxygen atoms in total. The summed E-state index contributed by atoms with van der Waals surface area (Å²) in [7, 11) is 0. The van der Waals surface area contributed by atoms with E-state index in [9.17, 15) is 9.59 Å². The quantitative estimate of drug-likeness (QED) is 0.525. The number of benzene rings is 1. The zero-order valence-corrected chi connectivity index (χ0v) is 10.4. The number of carbonyl (C=O) groups is 2. The van der Waals surface area contributed by atoms with Crippen molar-refractivity contribution < 1.29 is 14.7 Å². The molecule has 1 rings (SSSR count). The van der Waals surface area contributed by atoms with Crippen LogP contribution in [0.5, 0.6) is 0 Å². The summed E-state index contributed by atoms with van der Waals surface area (Å²) >= 11 is 3.91. The standard InChI is InChI=1S/C12H15NO3S/c1-8-4-2-3-5-9(8)11(14)6-13-10(7-17)12(15)16/h2-5,10,13,17H,6-7H2,1H3,(H,15,16). The minimum Gasteiger partial charge on any atom is -0.480 e. The molecule has 0 fully saturated rings. The Bertz CT molecular complexity index is 420. The monoisotopic (exact) mass is 253 g/mol. The Morgan fingerprint density at radius 3 is 2.59 bits per heavy atom. The van der Waals surface area contributed by atoms with Crippen LogP contribution < -0.4 is 5.32 Å². The van der Waals surface area contributed by atoms with Crippen molar-refractivity contribution >= 4 is 24.4 Å². The number of hydrogen-bond donors (Lipinski definition) is 3. The molecule has 17 heavy (non-hydrogen) atoms. The highest BCUT2D eigenvalue weighted by atomic mass is 32.1. The van der Waals surface area contributed by atoms with Crippen LogP contribution >= 0.6 is 12.6 Å². The molecule has 0 heterocycles. The summed E-state index contributed by atoms with van der Waals surface area (Å²) in [6, 6.07) is 6.42. The Labute approximate surface area is 105 Å². The van der Waals surface area contributed by atoms with Gasteiger partial charge in [-0.3, -0.25) is 14.9 Å². The molecule has 0 spiro atoms. The Morgan fingerprint density at radius 2 is 2.06 bits per heavy atom. The van der Waals surface area contributed by atoms with Crippen LogP contribution in [0, 0.1) is 6.92 Å². The highest BCUT2D eigenvalue weighted by Crippen LogP contribution is 2.07. The van der Waals surface area contributed by atoms with Crippen molar-refractivity contribution in [1.29, 1.82) is 0 Å². The first kappa shape index (κ1) is 13.7. The number of aliphatic carboxylic acids is 1. The molecular weight excluding hydrogens is 238 g/mol. The van der Waals surface area contributed by atoms with Crippen molar-refractivity contribution in [3.05, 3.63) is 35.4 Å². The van der Waals surface area contributed by atoms with Gasteiger partial charge in [0.15, 0.2) is 5.78 Å². The van der Waals surface area contributed by atoms with E-state index in [1.807, 2.05) is 19.1 Å². The van der Waals surface area contributed by atoms with Crippen LogP contribution in [-0.2, 0) is 4.79 Å². The molecule has 2 N–H and O–H groups in total. The third-order valence-corrected chi connectivity index (χ3v) is 2.80. The maximum absolute atomic E-state index is 11.8. The van der Waals surface area contributed by atoms with Gasteiger partial charge in [-0.2, -0.15) is 12.6 Å². The lowest BCUT2D eigenvalue weighted by Crippen LogP contribution is -2.41. The number of hydrogen-bond acceptors (Lipinski definition) is 4. The van der Waals surface area contributed by atoms with E-state index in [1.54, 1.807) is 12.1 Å². The normalized spacial score (nSPS) is 12.1. The van der Waals surface area contributed by atoms with E-state index in [0.29, 0.717) is 5.56 Å². The van der Waals surface area contributed by atoms with Gasteiger partial charge in [0, 0.05) is 11.3 Å². The van der Waals surface area contributed by atoms with Gasteiger partial charge in [0.2, 0.25) is 0 Å². The smallest absolute Gasteiger partial charge is 0.321 e. The average molecular weight is 253 g/mol. The fourth-order valence-electron chi connectivity index (χ4n) is 1.43. The third kappa shape index (κ3) is 3.87. The predicted molar refractivity (Wildman–Crippen MR) is 68.8 cm³/mol. The predicted octanol–water partition coefficient (Wildman–Crippen LogP) is 1.15. The van der Waals surface area contributed by atoms with Gasteiger partial charge in [0.25, 0.3) is 0 Å². The number of thiol groups is 1. The molecule has 0 saturated carbocycles. The Kier molecular flexibility index (Phi) is 5.18. The number of ketones is 1. The van der Waals surface area contributed by atoms with Gasteiger partial charge >= 0.3 is 5.97 Å². The Balaban J connectivity index is 2.62. The van der Waals surface area contributed by atoms with Gasteiger partial charge < -0.3 is 5.11 Å². The molecule has 0 aliphatic heterocycles. The maximum atomic E-state index is 11.8. The summed E-state index contributed by atoms with van der Waals surface area (Å²) in [5, 5.41) is 11.5. The lowest BCUT2D eigenvalue weighted by molar-refractivity contribution is -0.138. The van der Waals surface area contributed by atoms with Crippen LogP contribution in [0.3, 0.4) is 0 Å². The highest BCUT2D eigenvalue weighted by molar-refractivity contribution is 7.80. The molecule has 1 aromatic rings. The van der Waals surface area contributed by atoms with Gasteiger partial charge in [-0.05, 0) is 12.5 Å². The van der Waals surface area contributed by atoms with Crippen LogP contribution in [0.15, 0.2) is 24.3 Å². The molecule has 92 valence electrons. The number of nitrogens with one attached hydrogen (secondary N) is 1. The summed E-state index contributed by atoms with van der Waals surface area (Å²) < 4.78 is 0. The van der Waals surface area contributed by atoms with Gasteiger partial charge in [-0.1, -0.05) is 24.3 Å². The second-order valence-electron chi connectivity index (χ2n) is 3.69. The SMILES string of the molecule is Cc1ccccc1C(=O)CNC(CS)C(=O)O. The van der Waals surface area contributed by atoms with Gasteiger partial charge in [-0.15, -0.1) is 0 Å². The fourth-order valence-corrected chi connectivity index (χ4v) is 1.71. The van der Waals surface area contributed by atoms with E-state index >= 15 is 0 Å². The molecule has 0 aliphatic rings. The van der Waals surface area contributed by atoms with Crippen molar-refractivity contribution in [2.75, 3.05) is 12.3 Å². The lowest BCUT2D eigenvalue weighted by Gasteiger charge is -2.11. The van der Waals surface area contributed by atoms with Gasteiger partial charge in [-0.25, -0.2) is 0 Å². The van der Waals surface area contributed by atoms with Crippen LogP contribution in [0.2, 0.25) is 0 Å². The summed E-state index contributed by atoms with van der Waals surface area (Å²) in [5.41, 5.74) is 1.50. The van der Waals surface area contributed by atoms with Crippen LogP contribution in [0.25, 0.3) is 0 Å². The second-order valence-corrected chi connectivity index (χ2v) is 4.06. The number of Topliss-reactive ketones (excluding diaryl/α,β-unsaturated/α-hetero) is 1. The first-order valence-corrected chi connectivity index (χ1v) is 5.85. The van der Waals surface area contributed by atoms with Gasteiger partial charge in [0.1, 0.15) is 6.04 Å². The van der Waals surface area contributed by atoms with Crippen molar-refractivity contribution in [2.45, 2.75) is 13.0 Å². The maximum Gasteiger partial charge on any atom is 0.321 e. The van der Waals surface area contributed by atoms with E-state index in [-0.39, 0.29) is 18.1 Å². The molecule has 1 aromatic carbocycles. The number of carboxylic acid groups (broad SMARTS) is 1. The van der Waals surface area contributed by atoms with Crippen LogP contribution in [0.1, 0.15) is 15.9 Å².